The van der Waals surface area contributed by atoms with Crippen molar-refractivity contribution >= 4 is 15.9 Å². The second-order valence-corrected chi connectivity index (χ2v) is 10.9. The molecule has 6 heteroatoms. The highest BCUT2D eigenvalue weighted by atomic mass is 32.2. The maximum absolute atomic E-state index is 12.6. The van der Waals surface area contributed by atoms with Crippen molar-refractivity contribution in [2.24, 2.45) is 11.3 Å². The molecule has 1 aromatic rings. The first-order valence-corrected chi connectivity index (χ1v) is 12.1. The van der Waals surface area contributed by atoms with Crippen molar-refractivity contribution in [3.8, 4) is 0 Å². The fraction of sp³-hybridized carbons (Fsp3) is 0.682. The number of hydrogen-bond donors (Lipinski definition) is 1. The van der Waals surface area contributed by atoms with E-state index >= 15 is 0 Å². The van der Waals surface area contributed by atoms with Crippen LogP contribution in [0.15, 0.2) is 29.2 Å². The van der Waals surface area contributed by atoms with E-state index in [1.54, 1.807) is 24.3 Å². The van der Waals surface area contributed by atoms with Crippen molar-refractivity contribution in [2.75, 3.05) is 13.1 Å². The Morgan fingerprint density at radius 3 is 2.18 bits per heavy atom. The summed E-state index contributed by atoms with van der Waals surface area (Å²) in [6.07, 6.45) is 7.34. The zero-order valence-electron chi connectivity index (χ0n) is 17.4. The van der Waals surface area contributed by atoms with Crippen LogP contribution in [0.2, 0.25) is 0 Å². The predicted octanol–water partition coefficient (Wildman–Crippen LogP) is 4.20. The van der Waals surface area contributed by atoms with Gasteiger partial charge in [0, 0.05) is 24.7 Å². The molecule has 28 heavy (non-hydrogen) atoms. The van der Waals surface area contributed by atoms with Crippen molar-refractivity contribution in [2.45, 2.75) is 76.7 Å². The Balaban J connectivity index is 1.57. The molecule has 2 fully saturated rings. The summed E-state index contributed by atoms with van der Waals surface area (Å²) in [7, 11) is -3.43. The molecule has 1 aromatic carbocycles. The van der Waals surface area contributed by atoms with Gasteiger partial charge in [-0.1, -0.05) is 27.2 Å². The number of benzene rings is 1. The Hall–Kier alpha value is -1.40. The highest BCUT2D eigenvalue weighted by Gasteiger charge is 2.32. The van der Waals surface area contributed by atoms with Gasteiger partial charge in [0.05, 0.1) is 4.90 Å². The summed E-state index contributed by atoms with van der Waals surface area (Å²) in [6.45, 7) is 8.11. The predicted molar refractivity (Wildman–Crippen MR) is 112 cm³/mol. The zero-order valence-corrected chi connectivity index (χ0v) is 18.2. The van der Waals surface area contributed by atoms with Gasteiger partial charge < -0.3 is 5.32 Å². The average Bonchev–Trinajstić information content (AvgIpc) is 3.24. The number of nitrogens with zero attached hydrogens (tertiary/aromatic N) is 1. The molecule has 0 bridgehead atoms. The van der Waals surface area contributed by atoms with Crippen LogP contribution in [0.4, 0.5) is 0 Å². The lowest BCUT2D eigenvalue weighted by molar-refractivity contribution is 0.0893. The first-order chi connectivity index (χ1) is 13.2. The first kappa shape index (κ1) is 21.3. The Kier molecular flexibility index (Phi) is 6.50. The van der Waals surface area contributed by atoms with E-state index in [1.807, 2.05) is 0 Å². The van der Waals surface area contributed by atoms with Crippen molar-refractivity contribution in [1.82, 2.24) is 9.62 Å². The van der Waals surface area contributed by atoms with Gasteiger partial charge in [-0.15, -0.1) is 0 Å². The van der Waals surface area contributed by atoms with Crippen molar-refractivity contribution in [3.05, 3.63) is 29.8 Å². The smallest absolute Gasteiger partial charge is 0.251 e. The lowest BCUT2D eigenvalue weighted by Gasteiger charge is -2.39. The Bertz CT molecular complexity index is 773. The second kappa shape index (κ2) is 8.54. The Morgan fingerprint density at radius 1 is 1.07 bits per heavy atom. The Labute approximate surface area is 169 Å². The van der Waals surface area contributed by atoms with Crippen LogP contribution in [0.3, 0.4) is 0 Å². The van der Waals surface area contributed by atoms with E-state index in [2.05, 4.69) is 26.1 Å². The molecule has 1 saturated heterocycles. The van der Waals surface area contributed by atoms with E-state index in [9.17, 15) is 13.2 Å². The summed E-state index contributed by atoms with van der Waals surface area (Å²) < 4.78 is 26.7. The molecule has 1 aliphatic heterocycles. The number of hydrogen-bond acceptors (Lipinski definition) is 3. The summed E-state index contributed by atoms with van der Waals surface area (Å²) in [5.74, 6) is 0.615. The van der Waals surface area contributed by atoms with Crippen LogP contribution in [-0.4, -0.2) is 37.8 Å². The first-order valence-electron chi connectivity index (χ1n) is 10.6. The third-order valence-electron chi connectivity index (χ3n) is 6.90. The molecular weight excluding hydrogens is 372 g/mol. The number of rotatable bonds is 6. The molecular formula is C22H34N2O3S. The van der Waals surface area contributed by atoms with Gasteiger partial charge in [-0.25, -0.2) is 8.42 Å². The number of sulfonamides is 1. The molecule has 1 heterocycles. The molecule has 0 unspecified atom stereocenters. The van der Waals surface area contributed by atoms with Crippen LogP contribution in [-0.2, 0) is 10.0 Å². The minimum Gasteiger partial charge on any atom is -0.349 e. The molecule has 0 atom stereocenters. The largest absolute Gasteiger partial charge is 0.349 e. The van der Waals surface area contributed by atoms with Crippen molar-refractivity contribution in [1.29, 1.82) is 0 Å². The van der Waals surface area contributed by atoms with Crippen LogP contribution < -0.4 is 5.32 Å². The molecule has 1 amide bonds. The fourth-order valence-electron chi connectivity index (χ4n) is 4.43. The van der Waals surface area contributed by atoms with E-state index < -0.39 is 10.0 Å². The number of carbonyl (C=O) groups is 1. The number of carbonyl (C=O) groups excluding carboxylic acids is 1. The fourth-order valence-corrected chi connectivity index (χ4v) is 5.95. The summed E-state index contributed by atoms with van der Waals surface area (Å²) >= 11 is 0. The van der Waals surface area contributed by atoms with Crippen LogP contribution in [0.5, 0.6) is 0 Å². The Morgan fingerprint density at radius 2 is 1.64 bits per heavy atom. The molecule has 0 radical (unpaired) electrons. The van der Waals surface area contributed by atoms with Gasteiger partial charge in [0.15, 0.2) is 0 Å². The molecule has 3 rings (SSSR count). The molecule has 1 aliphatic carbocycles. The van der Waals surface area contributed by atoms with Crippen LogP contribution in [0, 0.1) is 11.3 Å². The van der Waals surface area contributed by atoms with Crippen LogP contribution in [0.1, 0.15) is 76.1 Å². The average molecular weight is 407 g/mol. The molecule has 0 aromatic heterocycles. The topological polar surface area (TPSA) is 66.5 Å². The van der Waals surface area contributed by atoms with Gasteiger partial charge in [-0.3, -0.25) is 4.79 Å². The van der Waals surface area contributed by atoms with Gasteiger partial charge in [0.1, 0.15) is 0 Å². The van der Waals surface area contributed by atoms with Crippen LogP contribution in [0.25, 0.3) is 0 Å². The van der Waals surface area contributed by atoms with E-state index in [0.717, 1.165) is 44.4 Å². The zero-order chi connectivity index (χ0) is 20.4. The monoisotopic (exact) mass is 406 g/mol. The minimum atomic E-state index is -3.43. The minimum absolute atomic E-state index is 0.108. The normalized spacial score (nSPS) is 24.2. The number of nitrogens with one attached hydrogen (secondary N) is 1. The van der Waals surface area contributed by atoms with Gasteiger partial charge in [-0.2, -0.15) is 4.31 Å². The molecule has 1 saturated carbocycles. The second-order valence-electron chi connectivity index (χ2n) is 9.00. The summed E-state index contributed by atoms with van der Waals surface area (Å²) in [6, 6.07) is 6.59. The maximum atomic E-state index is 12.6. The highest BCUT2D eigenvalue weighted by molar-refractivity contribution is 7.89. The van der Waals surface area contributed by atoms with Gasteiger partial charge in [-0.05, 0) is 74.1 Å². The van der Waals surface area contributed by atoms with E-state index in [-0.39, 0.29) is 16.8 Å². The molecule has 2 aliphatic rings. The van der Waals surface area contributed by atoms with E-state index in [0.29, 0.717) is 24.1 Å². The maximum Gasteiger partial charge on any atom is 0.251 e. The van der Waals surface area contributed by atoms with E-state index in [1.165, 1.54) is 10.7 Å². The molecule has 5 nitrogen and oxygen atoms in total. The SMILES string of the molecule is CCC(C)(C)C1CCC(NC(=O)c2ccc(S(=O)(=O)N3CCCC3)cc2)CC1. The van der Waals surface area contributed by atoms with Gasteiger partial charge in [0.25, 0.3) is 5.91 Å². The molecule has 156 valence electrons. The van der Waals surface area contributed by atoms with Crippen LogP contribution >= 0.6 is 0 Å². The summed E-state index contributed by atoms with van der Waals surface area (Å²) in [4.78, 5) is 12.9. The quantitative estimate of drug-likeness (QED) is 0.770. The highest BCUT2D eigenvalue weighted by Crippen LogP contribution is 2.40. The van der Waals surface area contributed by atoms with E-state index in [4.69, 9.17) is 0 Å². The summed E-state index contributed by atoms with van der Waals surface area (Å²) in [5.41, 5.74) is 0.891. The summed E-state index contributed by atoms with van der Waals surface area (Å²) in [5, 5.41) is 3.14. The molecule has 1 N–H and O–H groups in total. The lowest BCUT2D eigenvalue weighted by Crippen LogP contribution is -2.39. The lowest BCUT2D eigenvalue weighted by atomic mass is 9.69. The van der Waals surface area contributed by atoms with Crippen molar-refractivity contribution in [3.63, 3.8) is 0 Å². The van der Waals surface area contributed by atoms with Gasteiger partial charge in [0.2, 0.25) is 10.0 Å². The third kappa shape index (κ3) is 4.60. The molecule has 0 spiro atoms. The standard InChI is InChI=1S/C22H34N2O3S/c1-4-22(2,3)18-9-11-19(12-10-18)23-21(25)17-7-13-20(14-8-17)28(26,27)24-15-5-6-16-24/h7-8,13-14,18-19H,4-6,9-12,15-16H2,1-3H3,(H,23,25). The van der Waals surface area contributed by atoms with Gasteiger partial charge >= 0.3 is 0 Å². The third-order valence-corrected chi connectivity index (χ3v) is 8.81. The van der Waals surface area contributed by atoms with Crippen molar-refractivity contribution < 1.29 is 13.2 Å². The number of amides is 1.